The molecular weight excluding hydrogens is 821 g/mol. The van der Waals surface area contributed by atoms with E-state index in [0.29, 0.717) is 6.67 Å². The van der Waals surface area contributed by atoms with Crippen molar-refractivity contribution in [2.75, 3.05) is 12.0 Å². The summed E-state index contributed by atoms with van der Waals surface area (Å²) in [6.07, 6.45) is 4.75. The van der Waals surface area contributed by atoms with Gasteiger partial charge in [0.25, 0.3) is 0 Å². The molecule has 0 atom stereocenters. The number of aliphatic imine (C=N–C) groups is 1. The first kappa shape index (κ1) is 39.0. The zero-order valence-electron chi connectivity index (χ0n) is 30.7. The number of thiophene rings is 2. The third kappa shape index (κ3) is 7.61. The number of aliphatic hydroxyl groups excluding tert-OH is 1. The van der Waals surface area contributed by atoms with E-state index in [1.807, 2.05) is 64.2 Å². The van der Waals surface area contributed by atoms with E-state index < -0.39 is 0 Å². The summed E-state index contributed by atoms with van der Waals surface area (Å²) >= 11 is 3.72. The van der Waals surface area contributed by atoms with E-state index in [-0.39, 0.29) is 47.9 Å². The minimum Gasteiger partial charge on any atom is -0.512 e. The monoisotopic (exact) mass is 872 g/mol. The summed E-state index contributed by atoms with van der Waals surface area (Å²) < 4.78 is 2.71. The molecule has 0 bridgehead atoms. The largest absolute Gasteiger partial charge is 0.512 e. The van der Waals surface area contributed by atoms with Crippen LogP contribution in [0.1, 0.15) is 110 Å². The molecular formula is C42H51IrN2O2S2-. The van der Waals surface area contributed by atoms with E-state index in [0.717, 1.165) is 42.3 Å². The van der Waals surface area contributed by atoms with Crippen molar-refractivity contribution in [3.8, 4) is 0 Å². The zero-order chi connectivity index (χ0) is 35.0. The summed E-state index contributed by atoms with van der Waals surface area (Å²) in [4.78, 5) is 18.5. The van der Waals surface area contributed by atoms with Crippen LogP contribution in [0.25, 0.3) is 30.9 Å². The van der Waals surface area contributed by atoms with E-state index in [4.69, 9.17) is 4.99 Å². The molecule has 3 aromatic carbocycles. The van der Waals surface area contributed by atoms with E-state index >= 15 is 0 Å². The second-order valence-electron chi connectivity index (χ2n) is 14.7. The number of benzene rings is 3. The molecule has 0 aliphatic carbocycles. The van der Waals surface area contributed by atoms with Gasteiger partial charge in [-0.05, 0) is 55.5 Å². The molecule has 0 saturated carbocycles. The fraction of sp³-hybridized carbons (Fsp3) is 0.429. The first-order valence-electron chi connectivity index (χ1n) is 17.4. The number of nitrogens with one attached hydrogen (secondary N) is 1. The van der Waals surface area contributed by atoms with Crippen molar-refractivity contribution in [3.05, 3.63) is 88.0 Å². The number of carbonyl (C=O) groups excluding carboxylic acids is 1. The van der Waals surface area contributed by atoms with Crippen molar-refractivity contribution < 1.29 is 30.0 Å². The summed E-state index contributed by atoms with van der Waals surface area (Å²) in [6.45, 7) is 21.7. The number of nitrogens with zero attached hydrogens (tertiary/aromatic N) is 1. The molecule has 0 fully saturated rings. The van der Waals surface area contributed by atoms with Gasteiger partial charge >= 0.3 is 0 Å². The molecule has 1 radical (unpaired) electrons. The van der Waals surface area contributed by atoms with Crippen LogP contribution in [0.3, 0.4) is 0 Å². The van der Waals surface area contributed by atoms with E-state index in [9.17, 15) is 9.90 Å². The Bertz CT molecular complexity index is 2030. The van der Waals surface area contributed by atoms with Crippen molar-refractivity contribution in [2.24, 2.45) is 15.8 Å². The van der Waals surface area contributed by atoms with Crippen LogP contribution in [0.5, 0.6) is 0 Å². The van der Waals surface area contributed by atoms with Crippen LogP contribution in [0.15, 0.2) is 65.4 Å². The summed E-state index contributed by atoms with van der Waals surface area (Å²) in [5.41, 5.74) is 4.15. The number of hydrogen-bond donors (Lipinski definition) is 2. The Hall–Kier alpha value is -2.83. The molecule has 2 N–H and O–H groups in total. The maximum atomic E-state index is 12.2. The van der Waals surface area contributed by atoms with E-state index in [1.54, 1.807) is 0 Å². The first-order valence-corrected chi connectivity index (χ1v) is 19.0. The predicted molar refractivity (Wildman–Crippen MR) is 211 cm³/mol. The van der Waals surface area contributed by atoms with Gasteiger partial charge in [0.05, 0.1) is 5.00 Å². The summed E-state index contributed by atoms with van der Waals surface area (Å²) in [5, 5.41) is 20.0. The molecule has 6 rings (SSSR count). The van der Waals surface area contributed by atoms with Gasteiger partial charge in [-0.1, -0.05) is 97.5 Å². The maximum absolute atomic E-state index is 12.2. The first-order chi connectivity index (χ1) is 22.7. The van der Waals surface area contributed by atoms with E-state index in [2.05, 4.69) is 87.6 Å². The molecule has 0 spiro atoms. The average Bonchev–Trinajstić information content (AvgIpc) is 3.66. The minimum absolute atomic E-state index is 0. The van der Waals surface area contributed by atoms with Gasteiger partial charge in [-0.15, -0.1) is 51.8 Å². The second-order valence-corrected chi connectivity index (χ2v) is 17.0. The van der Waals surface area contributed by atoms with Gasteiger partial charge in [-0.3, -0.25) is 4.79 Å². The van der Waals surface area contributed by atoms with Crippen LogP contribution in [-0.2, 0) is 30.3 Å². The molecule has 0 saturated heterocycles. The van der Waals surface area contributed by atoms with Gasteiger partial charge in [0.15, 0.2) is 5.78 Å². The van der Waals surface area contributed by atoms with Crippen LogP contribution in [0.4, 0.5) is 5.00 Å². The van der Waals surface area contributed by atoms with Gasteiger partial charge in [0.2, 0.25) is 0 Å². The molecule has 49 heavy (non-hydrogen) atoms. The minimum atomic E-state index is -0.337. The molecule has 1 aliphatic rings. The Morgan fingerprint density at radius 2 is 1.55 bits per heavy atom. The molecule has 5 aromatic rings. The van der Waals surface area contributed by atoms with Crippen LogP contribution < -0.4 is 5.32 Å². The normalized spacial score (nSPS) is 13.8. The topological polar surface area (TPSA) is 61.7 Å². The number of anilines is 1. The number of aryl methyl sites for hydroxylation is 1. The summed E-state index contributed by atoms with van der Waals surface area (Å²) in [7, 11) is 0. The Kier molecular flexibility index (Phi) is 12.1. The third-order valence-corrected chi connectivity index (χ3v) is 12.8. The predicted octanol–water partition coefficient (Wildman–Crippen LogP) is 12.5. The van der Waals surface area contributed by atoms with Crippen molar-refractivity contribution >= 4 is 70.1 Å². The number of carbonyl (C=O) groups is 1. The number of rotatable bonds is 8. The SMILES string of the molecule is CCC(C)(CC)C(=O)/C=C(\O)C(C)(CC)CC.Cc1cc2c(ccc3c4c(sc32)NCN=C4c2[c-]c3ccccc3c(C(C)(C)C)c2)s1.[Ir]. The zero-order valence-corrected chi connectivity index (χ0v) is 34.7. The Morgan fingerprint density at radius 3 is 2.18 bits per heavy atom. The summed E-state index contributed by atoms with van der Waals surface area (Å²) in [6, 6.07) is 21.5. The average molecular weight is 872 g/mol. The quantitative estimate of drug-likeness (QED) is 0.0928. The smallest absolute Gasteiger partial charge is 0.164 e. The Balaban J connectivity index is 0.000000260. The molecule has 0 amide bonds. The van der Waals surface area contributed by atoms with Crippen molar-refractivity contribution in [3.63, 3.8) is 0 Å². The molecule has 0 unspecified atom stereocenters. The second kappa shape index (κ2) is 15.2. The fourth-order valence-corrected chi connectivity index (χ4v) is 8.51. The Labute approximate surface area is 314 Å². The summed E-state index contributed by atoms with van der Waals surface area (Å²) in [5.74, 6) is 0.286. The van der Waals surface area contributed by atoms with Crippen LogP contribution >= 0.6 is 22.7 Å². The number of fused-ring (bicyclic) bond motifs is 6. The van der Waals surface area contributed by atoms with E-state index in [1.165, 1.54) is 52.6 Å². The number of ketones is 1. The van der Waals surface area contributed by atoms with Crippen molar-refractivity contribution in [2.45, 2.75) is 100 Å². The Morgan fingerprint density at radius 1 is 0.898 bits per heavy atom. The molecule has 2 aromatic heterocycles. The number of allylic oxidation sites excluding steroid dienone is 2. The standard InChI is InChI=1S/C27H23N2S2.C15H28O2.Ir/c1-15-11-20-22(30-15)10-9-19-23-24(28-14-29-26(23)31-25(19)20)17-12-16-7-5-6-8-18(16)21(13-17)27(2,3)4;1-7-14(5,8-2)12(16)11-13(17)15(6,9-3)10-4;/h5-11,13,29H,14H2,1-4H3;11,16H,7-10H2,1-6H3;/q-1;;/b;12-11-;. The fourth-order valence-electron chi connectivity index (χ4n) is 6.31. The molecule has 1 aliphatic heterocycles. The van der Waals surface area contributed by atoms with Crippen molar-refractivity contribution in [1.82, 2.24) is 0 Å². The molecule has 7 heteroatoms. The number of hydrogen-bond acceptors (Lipinski definition) is 6. The van der Waals surface area contributed by atoms with Crippen LogP contribution in [-0.4, -0.2) is 23.3 Å². The van der Waals surface area contributed by atoms with Crippen LogP contribution in [0.2, 0.25) is 0 Å². The van der Waals surface area contributed by atoms with Gasteiger partial charge in [-0.25, -0.2) is 0 Å². The number of aliphatic hydroxyl groups is 1. The molecule has 3 heterocycles. The molecule has 263 valence electrons. The van der Waals surface area contributed by atoms with Crippen molar-refractivity contribution in [1.29, 1.82) is 0 Å². The van der Waals surface area contributed by atoms with Gasteiger partial charge in [0, 0.05) is 67.9 Å². The van der Waals surface area contributed by atoms with Gasteiger partial charge < -0.3 is 15.4 Å². The van der Waals surface area contributed by atoms with Gasteiger partial charge in [-0.2, -0.15) is 0 Å². The maximum Gasteiger partial charge on any atom is 0.164 e. The third-order valence-electron chi connectivity index (χ3n) is 10.6. The van der Waals surface area contributed by atoms with Gasteiger partial charge in [0.1, 0.15) is 12.4 Å². The van der Waals surface area contributed by atoms with Crippen LogP contribution in [0, 0.1) is 23.8 Å². The molecule has 4 nitrogen and oxygen atoms in total.